The molecule has 4 heteroatoms. The molecule has 4 nitrogen and oxygen atoms in total. The van der Waals surface area contributed by atoms with E-state index in [2.05, 4.69) is 9.88 Å². The average molecular weight is 220 g/mol. The van der Waals surface area contributed by atoms with Crippen LogP contribution in [0.4, 0.5) is 0 Å². The summed E-state index contributed by atoms with van der Waals surface area (Å²) in [4.78, 5) is 17.8. The van der Waals surface area contributed by atoms with E-state index in [0.717, 1.165) is 30.8 Å². The maximum absolute atomic E-state index is 11.1. The van der Waals surface area contributed by atoms with E-state index in [1.54, 1.807) is 6.07 Å². The van der Waals surface area contributed by atoms with Gasteiger partial charge in [0.2, 0.25) is 0 Å². The lowest BCUT2D eigenvalue weighted by Gasteiger charge is -2.25. The normalized spacial score (nSPS) is 15.9. The van der Waals surface area contributed by atoms with Gasteiger partial charge in [0.15, 0.2) is 0 Å². The van der Waals surface area contributed by atoms with E-state index in [-0.39, 0.29) is 0 Å². The lowest BCUT2D eigenvalue weighted by atomic mass is 10.0. The van der Waals surface area contributed by atoms with E-state index in [1.165, 1.54) is 0 Å². The molecule has 2 heterocycles. The van der Waals surface area contributed by atoms with Crippen LogP contribution in [0.5, 0.6) is 0 Å². The van der Waals surface area contributed by atoms with Gasteiger partial charge >= 0.3 is 5.97 Å². The third-order valence-electron chi connectivity index (χ3n) is 3.01. The number of aryl methyl sites for hydroxylation is 1. The summed E-state index contributed by atoms with van der Waals surface area (Å²) in [5, 5.41) is 9.11. The van der Waals surface area contributed by atoms with Gasteiger partial charge in [0.1, 0.15) is 0 Å². The Kier molecular flexibility index (Phi) is 2.92. The smallest absolute Gasteiger partial charge is 0.337 e. The van der Waals surface area contributed by atoms with Crippen molar-refractivity contribution in [3.63, 3.8) is 0 Å². The van der Waals surface area contributed by atoms with Crippen LogP contribution in [0.2, 0.25) is 0 Å². The molecule has 0 aromatic carbocycles. The zero-order valence-electron chi connectivity index (χ0n) is 9.66. The van der Waals surface area contributed by atoms with Gasteiger partial charge in [0.25, 0.3) is 0 Å². The van der Waals surface area contributed by atoms with Crippen LogP contribution in [0.3, 0.4) is 0 Å². The van der Waals surface area contributed by atoms with E-state index in [0.29, 0.717) is 17.7 Å². The predicted molar refractivity (Wildman–Crippen MR) is 60.6 cm³/mol. The minimum atomic E-state index is -0.875. The number of pyridine rings is 1. The van der Waals surface area contributed by atoms with Crippen molar-refractivity contribution in [3.05, 3.63) is 28.6 Å². The molecule has 0 spiro atoms. The summed E-state index contributed by atoms with van der Waals surface area (Å²) in [6.45, 7) is 3.73. The first-order chi connectivity index (χ1) is 7.61. The number of likely N-dealkylation sites (N-methyl/N-ethyl adjacent to an activating group) is 1. The molecule has 1 aliphatic heterocycles. The lowest BCUT2D eigenvalue weighted by Crippen LogP contribution is -2.28. The number of hydrogen-bond donors (Lipinski definition) is 1. The summed E-state index contributed by atoms with van der Waals surface area (Å²) in [7, 11) is 2.04. The number of nitrogens with zero attached hydrogens (tertiary/aromatic N) is 2. The molecule has 2 rings (SSSR count). The fraction of sp³-hybridized carbons (Fsp3) is 0.500. The summed E-state index contributed by atoms with van der Waals surface area (Å²) in [5.74, 6) is -0.875. The second kappa shape index (κ2) is 4.22. The molecule has 0 aliphatic carbocycles. The highest BCUT2D eigenvalue weighted by Gasteiger charge is 2.19. The molecule has 0 saturated heterocycles. The fourth-order valence-corrected chi connectivity index (χ4v) is 2.11. The average Bonchev–Trinajstić information content (AvgIpc) is 2.27. The Morgan fingerprint density at radius 2 is 2.38 bits per heavy atom. The number of carboxylic acids is 1. The van der Waals surface area contributed by atoms with Gasteiger partial charge in [-0.3, -0.25) is 4.98 Å². The summed E-state index contributed by atoms with van der Waals surface area (Å²) < 4.78 is 0. The number of rotatable bonds is 2. The first-order valence-electron chi connectivity index (χ1n) is 5.55. The standard InChI is InChI=1S/C12H16N2O2/c1-3-10-9(12(15)16)6-8-7-14(2)5-4-11(8)13-10/h6H,3-5,7H2,1-2H3,(H,15,16). The van der Waals surface area contributed by atoms with Gasteiger partial charge in [0, 0.05) is 25.2 Å². The van der Waals surface area contributed by atoms with Gasteiger partial charge in [-0.15, -0.1) is 0 Å². The van der Waals surface area contributed by atoms with Gasteiger partial charge in [-0.1, -0.05) is 6.92 Å². The molecule has 86 valence electrons. The fourth-order valence-electron chi connectivity index (χ4n) is 2.11. The molecule has 1 aromatic heterocycles. The van der Waals surface area contributed by atoms with Crippen LogP contribution in [0.1, 0.15) is 34.2 Å². The topological polar surface area (TPSA) is 53.4 Å². The highest BCUT2D eigenvalue weighted by molar-refractivity contribution is 5.89. The maximum Gasteiger partial charge on any atom is 0.337 e. The largest absolute Gasteiger partial charge is 0.478 e. The number of fused-ring (bicyclic) bond motifs is 1. The quantitative estimate of drug-likeness (QED) is 0.817. The molecule has 0 fully saturated rings. The molecule has 0 atom stereocenters. The van der Waals surface area contributed by atoms with Crippen molar-refractivity contribution in [1.29, 1.82) is 0 Å². The molecular weight excluding hydrogens is 204 g/mol. The molecule has 1 aromatic rings. The zero-order chi connectivity index (χ0) is 11.7. The first kappa shape index (κ1) is 11.1. The summed E-state index contributed by atoms with van der Waals surface area (Å²) in [6, 6.07) is 1.79. The molecular formula is C12H16N2O2. The van der Waals surface area contributed by atoms with Crippen LogP contribution in [0, 0.1) is 0 Å². The Hall–Kier alpha value is -1.42. The zero-order valence-corrected chi connectivity index (χ0v) is 9.66. The molecule has 0 radical (unpaired) electrons. The molecule has 0 saturated carbocycles. The van der Waals surface area contributed by atoms with E-state index in [9.17, 15) is 4.79 Å². The Morgan fingerprint density at radius 3 is 3.00 bits per heavy atom. The number of aromatic carboxylic acids is 1. The second-order valence-corrected chi connectivity index (χ2v) is 4.23. The van der Waals surface area contributed by atoms with Crippen LogP contribution in [0.15, 0.2) is 6.07 Å². The van der Waals surface area contributed by atoms with Gasteiger partial charge in [-0.25, -0.2) is 4.79 Å². The number of aromatic nitrogens is 1. The molecule has 0 amide bonds. The highest BCUT2D eigenvalue weighted by Crippen LogP contribution is 2.20. The number of carbonyl (C=O) groups is 1. The summed E-state index contributed by atoms with van der Waals surface area (Å²) in [6.07, 6.45) is 1.59. The third kappa shape index (κ3) is 1.93. The molecule has 16 heavy (non-hydrogen) atoms. The minimum absolute atomic E-state index is 0.358. The summed E-state index contributed by atoms with van der Waals surface area (Å²) >= 11 is 0. The Balaban J connectivity index is 2.48. The van der Waals surface area contributed by atoms with Crippen molar-refractivity contribution in [2.24, 2.45) is 0 Å². The van der Waals surface area contributed by atoms with Crippen LogP contribution in [-0.4, -0.2) is 34.6 Å². The van der Waals surface area contributed by atoms with E-state index in [4.69, 9.17) is 5.11 Å². The van der Waals surface area contributed by atoms with Crippen LogP contribution >= 0.6 is 0 Å². The van der Waals surface area contributed by atoms with Crippen molar-refractivity contribution in [2.75, 3.05) is 13.6 Å². The number of hydrogen-bond acceptors (Lipinski definition) is 3. The monoisotopic (exact) mass is 220 g/mol. The minimum Gasteiger partial charge on any atom is -0.478 e. The van der Waals surface area contributed by atoms with Gasteiger partial charge in [0.05, 0.1) is 11.3 Å². The Bertz CT molecular complexity index is 429. The van der Waals surface area contributed by atoms with Gasteiger partial charge in [-0.05, 0) is 25.1 Å². The first-order valence-corrected chi connectivity index (χ1v) is 5.55. The van der Waals surface area contributed by atoms with Crippen molar-refractivity contribution in [3.8, 4) is 0 Å². The van der Waals surface area contributed by atoms with E-state index < -0.39 is 5.97 Å². The van der Waals surface area contributed by atoms with Crippen molar-refractivity contribution < 1.29 is 9.90 Å². The number of carboxylic acid groups (broad SMARTS) is 1. The molecule has 1 aliphatic rings. The van der Waals surface area contributed by atoms with E-state index in [1.807, 2.05) is 14.0 Å². The molecule has 0 unspecified atom stereocenters. The Labute approximate surface area is 94.9 Å². The van der Waals surface area contributed by atoms with E-state index >= 15 is 0 Å². The Morgan fingerprint density at radius 1 is 1.62 bits per heavy atom. The molecule has 0 bridgehead atoms. The third-order valence-corrected chi connectivity index (χ3v) is 3.01. The van der Waals surface area contributed by atoms with Crippen LogP contribution in [-0.2, 0) is 19.4 Å². The van der Waals surface area contributed by atoms with Crippen LogP contribution in [0.25, 0.3) is 0 Å². The highest BCUT2D eigenvalue weighted by atomic mass is 16.4. The van der Waals surface area contributed by atoms with Crippen molar-refractivity contribution in [1.82, 2.24) is 9.88 Å². The van der Waals surface area contributed by atoms with Crippen molar-refractivity contribution >= 4 is 5.97 Å². The maximum atomic E-state index is 11.1. The van der Waals surface area contributed by atoms with Crippen LogP contribution < -0.4 is 0 Å². The van der Waals surface area contributed by atoms with Gasteiger partial charge < -0.3 is 10.0 Å². The van der Waals surface area contributed by atoms with Gasteiger partial charge in [-0.2, -0.15) is 0 Å². The SMILES string of the molecule is CCc1nc2c(cc1C(=O)O)CN(C)CC2. The second-order valence-electron chi connectivity index (χ2n) is 4.23. The lowest BCUT2D eigenvalue weighted by molar-refractivity contribution is 0.0694. The molecule has 1 N–H and O–H groups in total. The van der Waals surface area contributed by atoms with Crippen molar-refractivity contribution in [2.45, 2.75) is 26.3 Å². The summed E-state index contributed by atoms with van der Waals surface area (Å²) in [5.41, 5.74) is 3.19. The predicted octanol–water partition coefficient (Wildman–Crippen LogP) is 1.33.